The second kappa shape index (κ2) is 6.38. The van der Waals surface area contributed by atoms with Crippen molar-refractivity contribution in [3.63, 3.8) is 0 Å². The normalized spacial score (nSPS) is 16.9. The zero-order valence-electron chi connectivity index (χ0n) is 10.9. The van der Waals surface area contributed by atoms with Gasteiger partial charge in [-0.2, -0.15) is 5.10 Å². The van der Waals surface area contributed by atoms with Gasteiger partial charge in [0.2, 0.25) is 0 Å². The van der Waals surface area contributed by atoms with E-state index < -0.39 is 0 Å². The summed E-state index contributed by atoms with van der Waals surface area (Å²) < 4.78 is 1.85. The van der Waals surface area contributed by atoms with E-state index in [0.717, 1.165) is 19.0 Å². The molecule has 1 aliphatic rings. The summed E-state index contributed by atoms with van der Waals surface area (Å²) in [5.74, 6) is 0.913. The molecule has 0 aliphatic heterocycles. The summed E-state index contributed by atoms with van der Waals surface area (Å²) in [4.78, 5) is 2.34. The molecular formula is C12H23ClN4. The Labute approximate surface area is 110 Å². The molecule has 17 heavy (non-hydrogen) atoms. The molecule has 1 N–H and O–H groups in total. The van der Waals surface area contributed by atoms with Gasteiger partial charge in [-0.15, -0.1) is 12.4 Å². The van der Waals surface area contributed by atoms with Crippen LogP contribution in [0.15, 0.2) is 12.4 Å². The number of aryl methyl sites for hydroxylation is 1. The molecule has 0 aromatic carbocycles. The molecule has 1 saturated carbocycles. The van der Waals surface area contributed by atoms with Gasteiger partial charge in [-0.25, -0.2) is 0 Å². The number of rotatable bonds is 6. The van der Waals surface area contributed by atoms with E-state index in [0.29, 0.717) is 6.04 Å². The third-order valence-corrected chi connectivity index (χ3v) is 3.27. The third kappa shape index (κ3) is 4.30. The van der Waals surface area contributed by atoms with Crippen LogP contribution in [0.4, 0.5) is 0 Å². The number of hydrogen-bond donors (Lipinski definition) is 1. The summed E-state index contributed by atoms with van der Waals surface area (Å²) in [7, 11) is 6.31. The summed E-state index contributed by atoms with van der Waals surface area (Å²) >= 11 is 0. The maximum absolute atomic E-state index is 4.16. The highest BCUT2D eigenvalue weighted by Gasteiger charge is 2.31. The Morgan fingerprint density at radius 3 is 2.71 bits per heavy atom. The predicted molar refractivity (Wildman–Crippen MR) is 72.4 cm³/mol. The maximum Gasteiger partial charge on any atom is 0.0534 e. The van der Waals surface area contributed by atoms with Gasteiger partial charge in [-0.05, 0) is 32.9 Å². The fraction of sp³-hybridized carbons (Fsp3) is 0.750. The molecule has 5 heteroatoms. The molecule has 98 valence electrons. The van der Waals surface area contributed by atoms with E-state index in [4.69, 9.17) is 0 Å². The molecule has 4 nitrogen and oxygen atoms in total. The topological polar surface area (TPSA) is 33.1 Å². The fourth-order valence-electron chi connectivity index (χ4n) is 2.18. The Bertz CT molecular complexity index is 331. The van der Waals surface area contributed by atoms with Gasteiger partial charge < -0.3 is 10.2 Å². The second-order valence-electron chi connectivity index (χ2n) is 5.02. The van der Waals surface area contributed by atoms with Gasteiger partial charge in [0.15, 0.2) is 0 Å². The van der Waals surface area contributed by atoms with Gasteiger partial charge in [0.25, 0.3) is 0 Å². The molecule has 0 amide bonds. The molecule has 1 heterocycles. The second-order valence-corrected chi connectivity index (χ2v) is 5.02. The average Bonchev–Trinajstić information content (AvgIpc) is 2.97. The van der Waals surface area contributed by atoms with Gasteiger partial charge in [0.05, 0.1) is 6.20 Å². The lowest BCUT2D eigenvalue weighted by Gasteiger charge is -2.24. The van der Waals surface area contributed by atoms with E-state index in [9.17, 15) is 0 Å². The van der Waals surface area contributed by atoms with Crippen LogP contribution in [0.1, 0.15) is 18.4 Å². The zero-order valence-corrected chi connectivity index (χ0v) is 11.7. The monoisotopic (exact) mass is 258 g/mol. The summed E-state index contributed by atoms with van der Waals surface area (Å²) in [5, 5.41) is 7.69. The molecule has 0 saturated heterocycles. The van der Waals surface area contributed by atoms with E-state index in [1.54, 1.807) is 0 Å². The zero-order chi connectivity index (χ0) is 11.5. The van der Waals surface area contributed by atoms with Gasteiger partial charge >= 0.3 is 0 Å². The first-order chi connectivity index (χ1) is 7.66. The minimum absolute atomic E-state index is 0. The molecule has 1 fully saturated rings. The van der Waals surface area contributed by atoms with Crippen molar-refractivity contribution in [1.82, 2.24) is 20.0 Å². The van der Waals surface area contributed by atoms with Gasteiger partial charge in [-0.3, -0.25) is 4.68 Å². The van der Waals surface area contributed by atoms with Crippen molar-refractivity contribution < 1.29 is 0 Å². The van der Waals surface area contributed by atoms with E-state index in [1.807, 2.05) is 17.9 Å². The minimum atomic E-state index is 0. The molecule has 1 aliphatic carbocycles. The first-order valence-corrected chi connectivity index (χ1v) is 6.01. The Balaban J connectivity index is 0.00000144. The Morgan fingerprint density at radius 1 is 1.53 bits per heavy atom. The molecule has 1 aromatic heterocycles. The maximum atomic E-state index is 4.16. The highest BCUT2D eigenvalue weighted by molar-refractivity contribution is 5.85. The SMILES string of the molecule is CN(C)C(CNCc1cnn(C)c1)C1CC1.Cl. The summed E-state index contributed by atoms with van der Waals surface area (Å²) in [6, 6.07) is 0.691. The third-order valence-electron chi connectivity index (χ3n) is 3.27. The summed E-state index contributed by atoms with van der Waals surface area (Å²) in [6.45, 7) is 2.00. The highest BCUT2D eigenvalue weighted by atomic mass is 35.5. The van der Waals surface area contributed by atoms with Crippen molar-refractivity contribution in [3.05, 3.63) is 18.0 Å². The van der Waals surface area contributed by atoms with Gasteiger partial charge in [0.1, 0.15) is 0 Å². The summed E-state index contributed by atoms with van der Waals surface area (Å²) in [6.07, 6.45) is 6.79. The lowest BCUT2D eigenvalue weighted by Crippen LogP contribution is -2.39. The molecule has 1 atom stereocenters. The van der Waals surface area contributed by atoms with E-state index in [1.165, 1.54) is 18.4 Å². The first-order valence-electron chi connectivity index (χ1n) is 6.01. The van der Waals surface area contributed by atoms with Crippen LogP contribution in [0, 0.1) is 5.92 Å². The molecule has 1 aromatic rings. The lowest BCUT2D eigenvalue weighted by atomic mass is 10.1. The number of aromatic nitrogens is 2. The van der Waals surface area contributed by atoms with Crippen LogP contribution in [0.25, 0.3) is 0 Å². The van der Waals surface area contributed by atoms with Gasteiger partial charge in [0, 0.05) is 37.9 Å². The lowest BCUT2D eigenvalue weighted by molar-refractivity contribution is 0.255. The molecule has 0 bridgehead atoms. The Kier molecular flexibility index (Phi) is 5.43. The van der Waals surface area contributed by atoms with Crippen molar-refractivity contribution in [1.29, 1.82) is 0 Å². The van der Waals surface area contributed by atoms with Crippen LogP contribution >= 0.6 is 12.4 Å². The van der Waals surface area contributed by atoms with E-state index in [2.05, 4.69) is 35.6 Å². The molecular weight excluding hydrogens is 236 g/mol. The Hall–Kier alpha value is -0.580. The highest BCUT2D eigenvalue weighted by Crippen LogP contribution is 2.34. The number of nitrogens with zero attached hydrogens (tertiary/aromatic N) is 3. The van der Waals surface area contributed by atoms with Crippen molar-refractivity contribution in [2.75, 3.05) is 20.6 Å². The number of likely N-dealkylation sites (N-methyl/N-ethyl adjacent to an activating group) is 1. The van der Waals surface area contributed by atoms with Crippen LogP contribution in [-0.2, 0) is 13.6 Å². The van der Waals surface area contributed by atoms with Gasteiger partial charge in [-0.1, -0.05) is 0 Å². The van der Waals surface area contributed by atoms with Crippen LogP contribution in [0.5, 0.6) is 0 Å². The van der Waals surface area contributed by atoms with Crippen LogP contribution in [0.2, 0.25) is 0 Å². The van der Waals surface area contributed by atoms with Crippen LogP contribution in [0.3, 0.4) is 0 Å². The van der Waals surface area contributed by atoms with E-state index in [-0.39, 0.29) is 12.4 Å². The Morgan fingerprint density at radius 2 is 2.24 bits per heavy atom. The molecule has 2 rings (SSSR count). The van der Waals surface area contributed by atoms with Crippen LogP contribution in [-0.4, -0.2) is 41.4 Å². The minimum Gasteiger partial charge on any atom is -0.311 e. The number of halogens is 1. The van der Waals surface area contributed by atoms with Crippen molar-refractivity contribution in [3.8, 4) is 0 Å². The molecule has 0 radical (unpaired) electrons. The van der Waals surface area contributed by atoms with Crippen molar-refractivity contribution in [2.45, 2.75) is 25.4 Å². The fourth-order valence-corrected chi connectivity index (χ4v) is 2.18. The van der Waals surface area contributed by atoms with E-state index >= 15 is 0 Å². The van der Waals surface area contributed by atoms with Crippen LogP contribution < -0.4 is 5.32 Å². The first kappa shape index (κ1) is 14.5. The number of hydrogen-bond acceptors (Lipinski definition) is 3. The standard InChI is InChI=1S/C12H22N4.ClH/c1-15(2)12(11-4-5-11)8-13-6-10-7-14-16(3)9-10;/h7,9,11-13H,4-6,8H2,1-3H3;1H. The largest absolute Gasteiger partial charge is 0.311 e. The summed E-state index contributed by atoms with van der Waals surface area (Å²) in [5.41, 5.74) is 1.26. The van der Waals surface area contributed by atoms with Crippen molar-refractivity contribution in [2.24, 2.45) is 13.0 Å². The molecule has 1 unspecified atom stereocenters. The average molecular weight is 259 g/mol. The number of nitrogens with one attached hydrogen (secondary N) is 1. The predicted octanol–water partition coefficient (Wildman–Crippen LogP) is 1.27. The smallest absolute Gasteiger partial charge is 0.0534 e. The van der Waals surface area contributed by atoms with Crippen molar-refractivity contribution >= 4 is 12.4 Å². The molecule has 0 spiro atoms. The quantitative estimate of drug-likeness (QED) is 0.834.